The molecule has 0 saturated carbocycles. The topological polar surface area (TPSA) is 96.0 Å². The van der Waals surface area contributed by atoms with E-state index in [1.807, 2.05) is 0 Å². The Hall–Kier alpha value is -1.35. The maximum absolute atomic E-state index is 14.2. The smallest absolute Gasteiger partial charge is 0.171 e. The van der Waals surface area contributed by atoms with Crippen LogP contribution in [0.3, 0.4) is 0 Å². The molecule has 6 nitrogen and oxygen atoms in total. The third kappa shape index (κ3) is 4.07. The van der Waals surface area contributed by atoms with Gasteiger partial charge in [0, 0.05) is 25.4 Å². The molecule has 0 aliphatic rings. The van der Waals surface area contributed by atoms with E-state index in [1.54, 1.807) is 7.05 Å². The Kier molecular flexibility index (Phi) is 5.35. The molecule has 0 radical (unpaired) electrons. The monoisotopic (exact) mass is 367 g/mol. The van der Waals surface area contributed by atoms with Crippen molar-refractivity contribution in [1.29, 1.82) is 0 Å². The Bertz CT molecular complexity index is 634. The van der Waals surface area contributed by atoms with Crippen LogP contribution in [0, 0.1) is 5.82 Å². The molecule has 112 valence electrons. The van der Waals surface area contributed by atoms with Crippen LogP contribution in [0.25, 0.3) is 0 Å². The van der Waals surface area contributed by atoms with E-state index in [0.717, 1.165) is 6.26 Å². The predicted molar refractivity (Wildman–Crippen MR) is 79.6 cm³/mol. The molecule has 0 atom stereocenters. The lowest BCUT2D eigenvalue weighted by molar-refractivity contribution is 0.318. The molecular weight excluding hydrogens is 353 g/mol. The molecule has 0 aromatic heterocycles. The van der Waals surface area contributed by atoms with Crippen molar-refractivity contribution in [3.8, 4) is 0 Å². The number of nitrogens with zero attached hydrogens (tertiary/aromatic N) is 2. The summed E-state index contributed by atoms with van der Waals surface area (Å²) in [5.41, 5.74) is 5.85. The van der Waals surface area contributed by atoms with Gasteiger partial charge in [-0.25, -0.2) is 12.8 Å². The minimum atomic E-state index is -3.12. The Balaban J connectivity index is 3.07. The van der Waals surface area contributed by atoms with Crippen LogP contribution >= 0.6 is 15.9 Å². The molecule has 9 heteroatoms. The standard InChI is InChI=1S/C11H15BrFN3O3S/c1-16(5-6-20(2,18)19)8-4-3-7(11(14)15-17)9(12)10(8)13/h3-4,17H,5-6H2,1-2H3,(H2,14,15). The molecule has 0 unspecified atom stereocenters. The zero-order valence-electron chi connectivity index (χ0n) is 11.0. The number of halogens is 2. The summed E-state index contributed by atoms with van der Waals surface area (Å²) in [6.07, 6.45) is 1.12. The number of oxime groups is 1. The number of nitrogens with two attached hydrogens (primary N) is 1. The lowest BCUT2D eigenvalue weighted by atomic mass is 10.1. The summed E-state index contributed by atoms with van der Waals surface area (Å²) in [4.78, 5) is 1.48. The Labute approximate surface area is 125 Å². The van der Waals surface area contributed by atoms with Crippen molar-refractivity contribution >= 4 is 37.3 Å². The van der Waals surface area contributed by atoms with Crippen LogP contribution in [0.2, 0.25) is 0 Å². The van der Waals surface area contributed by atoms with Crippen LogP contribution in [-0.4, -0.2) is 45.1 Å². The second kappa shape index (κ2) is 6.40. The zero-order valence-corrected chi connectivity index (χ0v) is 13.4. The van der Waals surface area contributed by atoms with Crippen molar-refractivity contribution < 1.29 is 18.0 Å². The molecular formula is C11H15BrFN3O3S. The second-order valence-electron chi connectivity index (χ2n) is 4.30. The summed E-state index contributed by atoms with van der Waals surface area (Å²) in [7, 11) is -1.54. The Morgan fingerprint density at radius 3 is 2.65 bits per heavy atom. The minimum absolute atomic E-state index is 0.0523. The SMILES string of the molecule is CN(CCS(C)(=O)=O)c1ccc(/C(N)=N/O)c(Br)c1F. The van der Waals surface area contributed by atoms with E-state index in [9.17, 15) is 12.8 Å². The van der Waals surface area contributed by atoms with Crippen molar-refractivity contribution in [2.75, 3.05) is 30.5 Å². The van der Waals surface area contributed by atoms with E-state index in [1.165, 1.54) is 17.0 Å². The first-order valence-electron chi connectivity index (χ1n) is 5.52. The molecule has 0 bridgehead atoms. The summed E-state index contributed by atoms with van der Waals surface area (Å²) in [5.74, 6) is -0.908. The minimum Gasteiger partial charge on any atom is -0.409 e. The first-order chi connectivity index (χ1) is 9.17. The van der Waals surface area contributed by atoms with E-state index in [0.29, 0.717) is 0 Å². The van der Waals surface area contributed by atoms with Crippen LogP contribution in [0.5, 0.6) is 0 Å². The van der Waals surface area contributed by atoms with Gasteiger partial charge in [-0.3, -0.25) is 0 Å². The van der Waals surface area contributed by atoms with Crippen LogP contribution < -0.4 is 10.6 Å². The maximum Gasteiger partial charge on any atom is 0.171 e. The van der Waals surface area contributed by atoms with Gasteiger partial charge < -0.3 is 15.8 Å². The molecule has 1 rings (SSSR count). The highest BCUT2D eigenvalue weighted by atomic mass is 79.9. The first-order valence-corrected chi connectivity index (χ1v) is 8.37. The lowest BCUT2D eigenvalue weighted by Crippen LogP contribution is -2.26. The average Bonchev–Trinajstić information content (AvgIpc) is 2.37. The summed E-state index contributed by atoms with van der Waals surface area (Å²) in [6, 6.07) is 2.92. The van der Waals surface area contributed by atoms with Crippen molar-refractivity contribution in [3.63, 3.8) is 0 Å². The fraction of sp³-hybridized carbons (Fsp3) is 0.364. The number of sulfone groups is 1. The van der Waals surface area contributed by atoms with Gasteiger partial charge in [0.05, 0.1) is 15.9 Å². The van der Waals surface area contributed by atoms with Gasteiger partial charge in [-0.05, 0) is 28.1 Å². The van der Waals surface area contributed by atoms with Crippen molar-refractivity contribution in [3.05, 3.63) is 28.0 Å². The number of anilines is 1. The van der Waals surface area contributed by atoms with Gasteiger partial charge in [0.25, 0.3) is 0 Å². The molecule has 20 heavy (non-hydrogen) atoms. The van der Waals surface area contributed by atoms with E-state index in [4.69, 9.17) is 10.9 Å². The van der Waals surface area contributed by atoms with Crippen LogP contribution in [-0.2, 0) is 9.84 Å². The molecule has 3 N–H and O–H groups in total. The van der Waals surface area contributed by atoms with Gasteiger partial charge in [0.15, 0.2) is 11.7 Å². The van der Waals surface area contributed by atoms with Crippen LogP contribution in [0.15, 0.2) is 21.8 Å². The lowest BCUT2D eigenvalue weighted by Gasteiger charge is -2.20. The Morgan fingerprint density at radius 2 is 2.15 bits per heavy atom. The second-order valence-corrected chi connectivity index (χ2v) is 7.35. The van der Waals surface area contributed by atoms with Gasteiger partial charge in [-0.15, -0.1) is 0 Å². The fourth-order valence-corrected chi connectivity index (χ4v) is 2.65. The maximum atomic E-state index is 14.2. The zero-order chi connectivity index (χ0) is 15.5. The summed E-state index contributed by atoms with van der Waals surface area (Å²) in [5, 5.41) is 11.4. The molecule has 1 aromatic carbocycles. The molecule has 0 spiro atoms. The molecule has 0 aliphatic carbocycles. The number of rotatable bonds is 5. The molecule has 0 saturated heterocycles. The van der Waals surface area contributed by atoms with Gasteiger partial charge >= 0.3 is 0 Å². The molecule has 0 aliphatic heterocycles. The number of benzene rings is 1. The molecule has 0 fully saturated rings. The highest BCUT2D eigenvalue weighted by Gasteiger charge is 2.17. The number of hydrogen-bond donors (Lipinski definition) is 2. The largest absolute Gasteiger partial charge is 0.409 e. The van der Waals surface area contributed by atoms with Gasteiger partial charge in [0.1, 0.15) is 9.84 Å². The van der Waals surface area contributed by atoms with Crippen LogP contribution in [0.1, 0.15) is 5.56 Å². The number of amidine groups is 1. The highest BCUT2D eigenvalue weighted by molar-refractivity contribution is 9.10. The number of hydrogen-bond acceptors (Lipinski definition) is 5. The Morgan fingerprint density at radius 1 is 1.55 bits per heavy atom. The van der Waals surface area contributed by atoms with Crippen molar-refractivity contribution in [2.24, 2.45) is 10.9 Å². The van der Waals surface area contributed by atoms with E-state index in [2.05, 4.69) is 21.1 Å². The summed E-state index contributed by atoms with van der Waals surface area (Å²) in [6.45, 7) is 0.158. The summed E-state index contributed by atoms with van der Waals surface area (Å²) >= 11 is 3.04. The predicted octanol–water partition coefficient (Wildman–Crippen LogP) is 1.16. The quantitative estimate of drug-likeness (QED) is 0.352. The van der Waals surface area contributed by atoms with Crippen molar-refractivity contribution in [2.45, 2.75) is 0 Å². The summed E-state index contributed by atoms with van der Waals surface area (Å²) < 4.78 is 36.5. The van der Waals surface area contributed by atoms with Gasteiger partial charge in [-0.1, -0.05) is 5.16 Å². The van der Waals surface area contributed by atoms with E-state index in [-0.39, 0.29) is 33.9 Å². The molecule has 0 amide bonds. The molecule has 0 heterocycles. The third-order valence-electron chi connectivity index (χ3n) is 2.65. The van der Waals surface area contributed by atoms with Gasteiger partial charge in [0.2, 0.25) is 0 Å². The van der Waals surface area contributed by atoms with Crippen molar-refractivity contribution in [1.82, 2.24) is 0 Å². The normalized spacial score (nSPS) is 12.5. The van der Waals surface area contributed by atoms with Gasteiger partial charge in [-0.2, -0.15) is 0 Å². The van der Waals surface area contributed by atoms with E-state index < -0.39 is 15.7 Å². The van der Waals surface area contributed by atoms with Crippen LogP contribution in [0.4, 0.5) is 10.1 Å². The molecule has 1 aromatic rings. The average molecular weight is 368 g/mol. The third-order valence-corrected chi connectivity index (χ3v) is 4.35. The first kappa shape index (κ1) is 16.7. The highest BCUT2D eigenvalue weighted by Crippen LogP contribution is 2.28. The fourth-order valence-electron chi connectivity index (χ4n) is 1.51. The van der Waals surface area contributed by atoms with E-state index >= 15 is 0 Å².